The molecule has 0 unspecified atom stereocenters. The molecule has 10 aromatic rings. The van der Waals surface area contributed by atoms with Crippen LogP contribution < -0.4 is 9.64 Å². The van der Waals surface area contributed by atoms with Gasteiger partial charge in [0.1, 0.15) is 0 Å². The van der Waals surface area contributed by atoms with Crippen LogP contribution in [0, 0.1) is 0 Å². The first-order valence-corrected chi connectivity index (χ1v) is 20.5. The molecule has 0 saturated carbocycles. The number of para-hydroxylation sites is 4. The highest BCUT2D eigenvalue weighted by Crippen LogP contribution is 2.50. The van der Waals surface area contributed by atoms with Gasteiger partial charge in [-0.2, -0.15) is 0 Å². The molecule has 1 aliphatic heterocycles. The Labute approximate surface area is 359 Å². The van der Waals surface area contributed by atoms with Crippen LogP contribution >= 0.6 is 0 Å². The normalized spacial score (nSPS) is 11.6. The smallest absolute Gasteiger partial charge is 0.164 e. The minimum Gasteiger partial charge on any atom is -0.453 e. The van der Waals surface area contributed by atoms with Crippen molar-refractivity contribution in [2.24, 2.45) is 0 Å². The Morgan fingerprint density at radius 1 is 0.274 bits per heavy atom. The third kappa shape index (κ3) is 7.14. The zero-order valence-corrected chi connectivity index (χ0v) is 33.4. The predicted molar refractivity (Wildman–Crippen MR) is 248 cm³/mol. The molecule has 292 valence electrons. The van der Waals surface area contributed by atoms with Gasteiger partial charge in [-0.05, 0) is 65.7 Å². The van der Waals surface area contributed by atoms with E-state index in [2.05, 4.69) is 108 Å². The maximum Gasteiger partial charge on any atom is 0.164 e. The number of fused-ring (bicyclic) bond motifs is 2. The van der Waals surface area contributed by atoms with Crippen molar-refractivity contribution in [1.29, 1.82) is 0 Å². The van der Waals surface area contributed by atoms with Crippen molar-refractivity contribution in [3.05, 3.63) is 218 Å². The van der Waals surface area contributed by atoms with E-state index in [0.717, 1.165) is 84.5 Å². The molecule has 0 aliphatic carbocycles. The summed E-state index contributed by atoms with van der Waals surface area (Å²) >= 11 is 0. The molecule has 62 heavy (non-hydrogen) atoms. The minimum absolute atomic E-state index is 0.608. The van der Waals surface area contributed by atoms with Gasteiger partial charge in [0.15, 0.2) is 34.8 Å². The highest BCUT2D eigenvalue weighted by Gasteiger charge is 2.25. The quantitative estimate of drug-likeness (QED) is 0.152. The summed E-state index contributed by atoms with van der Waals surface area (Å²) in [5, 5.41) is 0. The largest absolute Gasteiger partial charge is 0.453 e. The lowest BCUT2D eigenvalue weighted by atomic mass is 9.99. The van der Waals surface area contributed by atoms with Gasteiger partial charge in [0.25, 0.3) is 0 Å². The van der Waals surface area contributed by atoms with Gasteiger partial charge >= 0.3 is 0 Å². The van der Waals surface area contributed by atoms with Crippen molar-refractivity contribution in [1.82, 2.24) is 24.9 Å². The lowest BCUT2D eigenvalue weighted by Crippen LogP contribution is -2.15. The van der Waals surface area contributed by atoms with E-state index in [-0.39, 0.29) is 0 Å². The average Bonchev–Trinajstić information content (AvgIpc) is 3.36. The van der Waals surface area contributed by atoms with Crippen LogP contribution in [-0.4, -0.2) is 24.9 Å². The fourth-order valence-corrected chi connectivity index (χ4v) is 7.86. The number of aromatic nitrogens is 5. The SMILES string of the molecule is c1ccc(-c2nc(-c3ccc(N4c5ccccc5Oc5ccccc54)cc3)cc(-c3cccc(-c4cccc(-c5nc(-c6ccccc6)nc(-c6ccccc6)n5)c4)c3)n2)cc1. The van der Waals surface area contributed by atoms with Crippen LogP contribution in [0.25, 0.3) is 79.2 Å². The number of anilines is 3. The van der Waals surface area contributed by atoms with Crippen LogP contribution in [0.1, 0.15) is 0 Å². The van der Waals surface area contributed by atoms with Gasteiger partial charge in [0.2, 0.25) is 0 Å². The van der Waals surface area contributed by atoms with Crippen molar-refractivity contribution < 1.29 is 4.74 Å². The maximum absolute atomic E-state index is 6.27. The Kier molecular flexibility index (Phi) is 9.37. The van der Waals surface area contributed by atoms with Gasteiger partial charge in [-0.25, -0.2) is 24.9 Å². The second kappa shape index (κ2) is 15.9. The van der Waals surface area contributed by atoms with Crippen molar-refractivity contribution in [2.75, 3.05) is 4.90 Å². The van der Waals surface area contributed by atoms with E-state index in [0.29, 0.717) is 23.3 Å². The third-order valence-electron chi connectivity index (χ3n) is 10.9. The molecule has 7 nitrogen and oxygen atoms in total. The summed E-state index contributed by atoms with van der Waals surface area (Å²) in [6, 6.07) is 74.0. The molecule has 0 N–H and O–H groups in total. The van der Waals surface area contributed by atoms with E-state index in [1.165, 1.54) is 0 Å². The Balaban J connectivity index is 0.964. The average molecular weight is 797 g/mol. The molecule has 0 bridgehead atoms. The Hall–Kier alpha value is -8.55. The van der Waals surface area contributed by atoms with Crippen molar-refractivity contribution in [2.45, 2.75) is 0 Å². The van der Waals surface area contributed by atoms with Gasteiger partial charge < -0.3 is 9.64 Å². The van der Waals surface area contributed by atoms with Crippen LogP contribution in [0.4, 0.5) is 17.1 Å². The topological polar surface area (TPSA) is 76.9 Å². The third-order valence-corrected chi connectivity index (χ3v) is 10.9. The summed E-state index contributed by atoms with van der Waals surface area (Å²) < 4.78 is 6.27. The van der Waals surface area contributed by atoms with Crippen LogP contribution in [0.2, 0.25) is 0 Å². The zero-order chi connectivity index (χ0) is 41.2. The van der Waals surface area contributed by atoms with Crippen LogP contribution in [0.15, 0.2) is 218 Å². The summed E-state index contributed by atoms with van der Waals surface area (Å²) in [4.78, 5) is 27.4. The van der Waals surface area contributed by atoms with Crippen molar-refractivity contribution in [3.8, 4) is 90.7 Å². The predicted octanol–water partition coefficient (Wildman–Crippen LogP) is 13.9. The van der Waals surface area contributed by atoms with Gasteiger partial charge in [0.05, 0.1) is 22.8 Å². The summed E-state index contributed by atoms with van der Waals surface area (Å²) in [7, 11) is 0. The Morgan fingerprint density at radius 3 is 1.19 bits per heavy atom. The molecule has 0 saturated heterocycles. The summed E-state index contributed by atoms with van der Waals surface area (Å²) in [6.45, 7) is 0. The summed E-state index contributed by atoms with van der Waals surface area (Å²) in [5.41, 5.74) is 12.4. The molecule has 0 spiro atoms. The van der Waals surface area contributed by atoms with E-state index >= 15 is 0 Å². The monoisotopic (exact) mass is 796 g/mol. The number of rotatable bonds is 8. The summed E-state index contributed by atoms with van der Waals surface area (Å²) in [6.07, 6.45) is 0. The highest BCUT2D eigenvalue weighted by molar-refractivity contribution is 5.87. The Morgan fingerprint density at radius 2 is 0.661 bits per heavy atom. The molecule has 7 heteroatoms. The van der Waals surface area contributed by atoms with Gasteiger partial charge in [0, 0.05) is 39.1 Å². The maximum atomic E-state index is 6.27. The zero-order valence-electron chi connectivity index (χ0n) is 33.4. The fourth-order valence-electron chi connectivity index (χ4n) is 7.86. The molecule has 11 rings (SSSR count). The number of hydrogen-bond donors (Lipinski definition) is 0. The van der Waals surface area contributed by atoms with Crippen molar-refractivity contribution in [3.63, 3.8) is 0 Å². The molecular formula is C55H36N6O. The molecule has 3 heterocycles. The van der Waals surface area contributed by atoms with E-state index in [4.69, 9.17) is 29.7 Å². The second-order valence-electron chi connectivity index (χ2n) is 14.9. The van der Waals surface area contributed by atoms with Gasteiger partial charge in [-0.15, -0.1) is 0 Å². The van der Waals surface area contributed by atoms with Crippen LogP contribution in [0.5, 0.6) is 11.5 Å². The van der Waals surface area contributed by atoms with E-state index in [1.54, 1.807) is 0 Å². The van der Waals surface area contributed by atoms with Crippen LogP contribution in [-0.2, 0) is 0 Å². The fraction of sp³-hybridized carbons (Fsp3) is 0. The van der Waals surface area contributed by atoms with E-state index in [9.17, 15) is 0 Å². The van der Waals surface area contributed by atoms with Gasteiger partial charge in [-0.3, -0.25) is 0 Å². The second-order valence-corrected chi connectivity index (χ2v) is 14.9. The molecule has 0 fully saturated rings. The first-order chi connectivity index (χ1) is 30.7. The molecule has 0 radical (unpaired) electrons. The highest BCUT2D eigenvalue weighted by atomic mass is 16.5. The standard InChI is InChI=1S/C55H36N6O/c1-4-16-38(17-5-1)52-56-46(37-30-32-45(33-31-37)61-48-26-10-12-28-50(48)62-51-29-13-11-27-49(51)61)36-47(57-52)43-24-14-22-41(34-43)42-23-15-25-44(35-42)55-59-53(39-18-6-2-7-19-39)58-54(60-55)40-20-8-3-9-21-40/h1-36H. The number of benzene rings is 8. The Bertz CT molecular complexity index is 3110. The van der Waals surface area contributed by atoms with E-state index in [1.807, 2.05) is 115 Å². The minimum atomic E-state index is 0.608. The molecular weight excluding hydrogens is 761 g/mol. The summed E-state index contributed by atoms with van der Waals surface area (Å²) in [5.74, 6) is 4.15. The van der Waals surface area contributed by atoms with Crippen LogP contribution in [0.3, 0.4) is 0 Å². The first-order valence-electron chi connectivity index (χ1n) is 20.5. The molecule has 2 aromatic heterocycles. The van der Waals surface area contributed by atoms with Crippen molar-refractivity contribution >= 4 is 17.1 Å². The lowest BCUT2D eigenvalue weighted by Gasteiger charge is -2.32. The number of nitrogens with zero attached hydrogens (tertiary/aromatic N) is 6. The molecule has 0 atom stereocenters. The molecule has 8 aromatic carbocycles. The van der Waals surface area contributed by atoms with E-state index < -0.39 is 0 Å². The number of hydrogen-bond acceptors (Lipinski definition) is 7. The molecule has 0 amide bonds. The lowest BCUT2D eigenvalue weighted by molar-refractivity contribution is 0.477. The van der Waals surface area contributed by atoms with Gasteiger partial charge in [-0.1, -0.05) is 164 Å². The molecule has 1 aliphatic rings. The first kappa shape index (κ1) is 36.5. The number of ether oxygens (including phenoxy) is 1.